The van der Waals surface area contributed by atoms with Crippen LogP contribution in [0.3, 0.4) is 0 Å². The number of nitrogens with one attached hydrogen (secondary N) is 2. The van der Waals surface area contributed by atoms with Gasteiger partial charge in [-0.05, 0) is 42.8 Å². The van der Waals surface area contributed by atoms with Crippen LogP contribution >= 0.6 is 0 Å². The van der Waals surface area contributed by atoms with Crippen LogP contribution in [0.5, 0.6) is 0 Å². The Morgan fingerprint density at radius 1 is 1.07 bits per heavy atom. The Labute approximate surface area is 164 Å². The van der Waals surface area contributed by atoms with Crippen LogP contribution in [0, 0.1) is 5.92 Å². The zero-order chi connectivity index (χ0) is 19.9. The van der Waals surface area contributed by atoms with E-state index >= 15 is 0 Å². The van der Waals surface area contributed by atoms with Gasteiger partial charge in [0.1, 0.15) is 0 Å². The maximum Gasteiger partial charge on any atom is 0.255 e. The first-order valence-corrected chi connectivity index (χ1v) is 9.47. The number of anilines is 2. The van der Waals surface area contributed by atoms with E-state index in [4.69, 9.17) is 0 Å². The molecule has 1 atom stereocenters. The number of rotatable bonds is 7. The van der Waals surface area contributed by atoms with Crippen LogP contribution in [0.15, 0.2) is 48.8 Å². The molecule has 1 saturated heterocycles. The van der Waals surface area contributed by atoms with Crippen LogP contribution in [0.25, 0.3) is 0 Å². The van der Waals surface area contributed by atoms with E-state index in [-0.39, 0.29) is 30.1 Å². The molecule has 2 N–H and O–H groups in total. The number of carbonyl (C=O) groups is 3. The molecule has 1 aliphatic heterocycles. The van der Waals surface area contributed by atoms with Gasteiger partial charge >= 0.3 is 0 Å². The Balaban J connectivity index is 1.54. The van der Waals surface area contributed by atoms with Crippen LogP contribution in [-0.2, 0) is 9.59 Å². The SMILES string of the molecule is CCCCN1CC(C(=O)Nc2ccc(C(=O)Nc3ccncc3)cc2)CC1=O. The predicted molar refractivity (Wildman–Crippen MR) is 107 cm³/mol. The number of carbonyl (C=O) groups excluding carboxylic acids is 3. The topological polar surface area (TPSA) is 91.4 Å². The second-order valence-corrected chi connectivity index (χ2v) is 6.85. The van der Waals surface area contributed by atoms with Crippen molar-refractivity contribution in [3.8, 4) is 0 Å². The molecule has 146 valence electrons. The number of benzene rings is 1. The first-order chi connectivity index (χ1) is 13.6. The molecule has 0 radical (unpaired) electrons. The Morgan fingerprint density at radius 3 is 2.43 bits per heavy atom. The lowest BCUT2D eigenvalue weighted by Crippen LogP contribution is -2.29. The second kappa shape index (κ2) is 9.12. The summed E-state index contributed by atoms with van der Waals surface area (Å²) in [7, 11) is 0. The van der Waals surface area contributed by atoms with Gasteiger partial charge in [0.25, 0.3) is 5.91 Å². The van der Waals surface area contributed by atoms with E-state index in [1.165, 1.54) is 0 Å². The lowest BCUT2D eigenvalue weighted by Gasteiger charge is -2.16. The molecule has 0 bridgehead atoms. The van der Waals surface area contributed by atoms with Crippen molar-refractivity contribution in [2.24, 2.45) is 5.92 Å². The highest BCUT2D eigenvalue weighted by Gasteiger charge is 2.33. The Bertz CT molecular complexity index is 836. The fraction of sp³-hybridized carbons (Fsp3) is 0.333. The van der Waals surface area contributed by atoms with Crippen LogP contribution in [0.2, 0.25) is 0 Å². The lowest BCUT2D eigenvalue weighted by atomic mass is 10.1. The molecule has 0 saturated carbocycles. The summed E-state index contributed by atoms with van der Waals surface area (Å²) in [6.07, 6.45) is 5.42. The number of hydrogen-bond acceptors (Lipinski definition) is 4. The summed E-state index contributed by atoms with van der Waals surface area (Å²) in [6, 6.07) is 10.1. The molecule has 1 aromatic heterocycles. The number of nitrogens with zero attached hydrogens (tertiary/aromatic N) is 2. The minimum atomic E-state index is -0.334. The molecular formula is C21H24N4O3. The van der Waals surface area contributed by atoms with Crippen molar-refractivity contribution in [2.75, 3.05) is 23.7 Å². The van der Waals surface area contributed by atoms with Gasteiger partial charge in [0, 0.05) is 48.8 Å². The average Bonchev–Trinajstić information content (AvgIpc) is 3.08. The van der Waals surface area contributed by atoms with E-state index in [1.807, 2.05) is 0 Å². The predicted octanol–water partition coefficient (Wildman–Crippen LogP) is 2.92. The van der Waals surface area contributed by atoms with Crippen LogP contribution < -0.4 is 10.6 Å². The maximum atomic E-state index is 12.5. The fourth-order valence-corrected chi connectivity index (χ4v) is 3.10. The average molecular weight is 380 g/mol. The first-order valence-electron chi connectivity index (χ1n) is 9.47. The number of amides is 3. The molecule has 3 rings (SSSR count). The largest absolute Gasteiger partial charge is 0.342 e. The van der Waals surface area contributed by atoms with Crippen molar-refractivity contribution in [3.05, 3.63) is 54.4 Å². The summed E-state index contributed by atoms with van der Waals surface area (Å²) in [5.74, 6) is -0.700. The molecule has 1 unspecified atom stereocenters. The smallest absolute Gasteiger partial charge is 0.255 e. The van der Waals surface area contributed by atoms with E-state index in [1.54, 1.807) is 53.7 Å². The third kappa shape index (κ3) is 4.94. The molecule has 2 aromatic rings. The number of aromatic nitrogens is 1. The van der Waals surface area contributed by atoms with Gasteiger partial charge in [-0.2, -0.15) is 0 Å². The van der Waals surface area contributed by atoms with Gasteiger partial charge in [0.15, 0.2) is 0 Å². The van der Waals surface area contributed by atoms with E-state index in [0.29, 0.717) is 30.0 Å². The highest BCUT2D eigenvalue weighted by Crippen LogP contribution is 2.21. The van der Waals surface area contributed by atoms with E-state index in [0.717, 1.165) is 12.8 Å². The zero-order valence-corrected chi connectivity index (χ0v) is 15.9. The third-order valence-electron chi connectivity index (χ3n) is 4.72. The molecule has 1 aliphatic rings. The first kappa shape index (κ1) is 19.5. The Hall–Kier alpha value is -3.22. The minimum Gasteiger partial charge on any atom is -0.342 e. The van der Waals surface area contributed by atoms with Gasteiger partial charge in [-0.15, -0.1) is 0 Å². The minimum absolute atomic E-state index is 0.0386. The van der Waals surface area contributed by atoms with Gasteiger partial charge in [-0.3, -0.25) is 19.4 Å². The molecule has 0 spiro atoms. The molecule has 7 nitrogen and oxygen atoms in total. The monoisotopic (exact) mass is 380 g/mol. The van der Waals surface area contributed by atoms with Gasteiger partial charge in [0.2, 0.25) is 11.8 Å². The zero-order valence-electron chi connectivity index (χ0n) is 15.9. The number of likely N-dealkylation sites (tertiary alicyclic amines) is 1. The summed E-state index contributed by atoms with van der Waals surface area (Å²) in [5, 5.41) is 5.62. The third-order valence-corrected chi connectivity index (χ3v) is 4.72. The van der Waals surface area contributed by atoms with E-state index in [9.17, 15) is 14.4 Å². The summed E-state index contributed by atoms with van der Waals surface area (Å²) < 4.78 is 0. The Kier molecular flexibility index (Phi) is 6.37. The maximum absolute atomic E-state index is 12.5. The number of hydrogen-bond donors (Lipinski definition) is 2. The quantitative estimate of drug-likeness (QED) is 0.773. The Morgan fingerprint density at radius 2 is 1.75 bits per heavy atom. The number of pyridine rings is 1. The molecular weight excluding hydrogens is 356 g/mol. The van der Waals surface area contributed by atoms with Crippen LogP contribution in [-0.4, -0.2) is 40.7 Å². The van der Waals surface area contributed by atoms with Gasteiger partial charge < -0.3 is 15.5 Å². The molecule has 2 heterocycles. The standard InChI is InChI=1S/C21H24N4O3/c1-2-3-12-25-14-16(13-19(25)26)21(28)23-17-6-4-15(5-7-17)20(27)24-18-8-10-22-11-9-18/h4-11,16H,2-3,12-14H2,1H3,(H,23,28)(H,22,24,27). The summed E-state index contributed by atoms with van der Waals surface area (Å²) in [4.78, 5) is 42.4. The van der Waals surface area contributed by atoms with Crippen LogP contribution in [0.4, 0.5) is 11.4 Å². The highest BCUT2D eigenvalue weighted by atomic mass is 16.2. The van der Waals surface area contributed by atoms with Crippen molar-refractivity contribution in [3.63, 3.8) is 0 Å². The van der Waals surface area contributed by atoms with Crippen molar-refractivity contribution in [1.29, 1.82) is 0 Å². The van der Waals surface area contributed by atoms with Gasteiger partial charge in [0.05, 0.1) is 5.92 Å². The lowest BCUT2D eigenvalue weighted by molar-refractivity contribution is -0.128. The van der Waals surface area contributed by atoms with Crippen LogP contribution in [0.1, 0.15) is 36.5 Å². The summed E-state index contributed by atoms with van der Waals surface area (Å²) in [5.41, 5.74) is 1.75. The van der Waals surface area contributed by atoms with Crippen molar-refractivity contribution < 1.29 is 14.4 Å². The van der Waals surface area contributed by atoms with Crippen molar-refractivity contribution in [1.82, 2.24) is 9.88 Å². The highest BCUT2D eigenvalue weighted by molar-refractivity contribution is 6.04. The van der Waals surface area contributed by atoms with E-state index < -0.39 is 0 Å². The van der Waals surface area contributed by atoms with Gasteiger partial charge in [-0.25, -0.2) is 0 Å². The second-order valence-electron chi connectivity index (χ2n) is 6.85. The molecule has 28 heavy (non-hydrogen) atoms. The normalized spacial score (nSPS) is 16.1. The molecule has 1 fully saturated rings. The summed E-state index contributed by atoms with van der Waals surface area (Å²) in [6.45, 7) is 3.25. The molecule has 3 amide bonds. The summed E-state index contributed by atoms with van der Waals surface area (Å²) >= 11 is 0. The van der Waals surface area contributed by atoms with Gasteiger partial charge in [-0.1, -0.05) is 13.3 Å². The van der Waals surface area contributed by atoms with E-state index in [2.05, 4.69) is 22.5 Å². The van der Waals surface area contributed by atoms with Crippen molar-refractivity contribution in [2.45, 2.75) is 26.2 Å². The van der Waals surface area contributed by atoms with Crippen molar-refractivity contribution >= 4 is 29.1 Å². The molecule has 7 heteroatoms. The number of unbranched alkanes of at least 4 members (excludes halogenated alkanes) is 1. The molecule has 0 aliphatic carbocycles. The molecule has 1 aromatic carbocycles. The fourth-order valence-electron chi connectivity index (χ4n) is 3.10.